The van der Waals surface area contributed by atoms with Gasteiger partial charge in [0.05, 0.1) is 17.8 Å². The van der Waals surface area contributed by atoms with E-state index >= 15 is 0 Å². The van der Waals surface area contributed by atoms with Crippen molar-refractivity contribution in [3.05, 3.63) is 71.5 Å². The fourth-order valence-corrected chi connectivity index (χ4v) is 4.76. The van der Waals surface area contributed by atoms with Gasteiger partial charge in [-0.15, -0.1) is 0 Å². The Morgan fingerprint density at radius 1 is 1.10 bits per heavy atom. The van der Waals surface area contributed by atoms with E-state index in [1.54, 1.807) is 18.1 Å². The van der Waals surface area contributed by atoms with E-state index in [4.69, 9.17) is 10.7 Å². The van der Waals surface area contributed by atoms with E-state index in [1.165, 1.54) is 16.7 Å². The summed E-state index contributed by atoms with van der Waals surface area (Å²) in [6.07, 6.45) is 2.59. The summed E-state index contributed by atoms with van der Waals surface area (Å²) in [5.74, 6) is 1.96. The van der Waals surface area contributed by atoms with Gasteiger partial charge in [-0.3, -0.25) is 0 Å². The summed E-state index contributed by atoms with van der Waals surface area (Å²) in [6.45, 7) is 3.92. The average molecular weight is 430 g/mol. The van der Waals surface area contributed by atoms with Crippen LogP contribution in [0.4, 0.5) is 11.6 Å². The van der Waals surface area contributed by atoms with Gasteiger partial charge in [0.15, 0.2) is 5.65 Å². The van der Waals surface area contributed by atoms with Crippen LogP contribution in [0.1, 0.15) is 16.7 Å². The molecule has 0 unspecified atom stereocenters. The van der Waals surface area contributed by atoms with Gasteiger partial charge < -0.3 is 15.6 Å². The molecule has 2 aromatic heterocycles. The van der Waals surface area contributed by atoms with Crippen molar-refractivity contribution < 1.29 is 0 Å². The van der Waals surface area contributed by atoms with Gasteiger partial charge in [0, 0.05) is 18.7 Å². The molecule has 156 valence electrons. The first-order valence-electron chi connectivity index (χ1n) is 10.2. The molecule has 1 aliphatic heterocycles. The molecule has 8 heteroatoms. The maximum absolute atomic E-state index is 5.88. The number of rotatable bonds is 6. The smallest absolute Gasteiger partial charge is 0.223 e. The van der Waals surface area contributed by atoms with Crippen LogP contribution in [0.15, 0.2) is 64.9 Å². The molecule has 0 saturated carbocycles. The Bertz CT molecular complexity index is 1250. The van der Waals surface area contributed by atoms with Crippen molar-refractivity contribution in [3.8, 4) is 0 Å². The molecule has 4 aromatic rings. The molecular weight excluding hydrogens is 406 g/mol. The molecule has 1 aliphatic rings. The van der Waals surface area contributed by atoms with E-state index in [2.05, 4.69) is 80.3 Å². The van der Waals surface area contributed by atoms with Crippen LogP contribution in [0.5, 0.6) is 0 Å². The number of hydrogen-bond donors (Lipinski definition) is 2. The molecule has 5 rings (SSSR count). The van der Waals surface area contributed by atoms with Gasteiger partial charge in [-0.05, 0) is 30.5 Å². The standard InChI is InChI=1S/C23H23N7S/c1-15-6-5-9-18-17(15)12-30(11-10-16-7-3-2-4-8-16)19(27-18)13-31-22-20-21(26-14-25-20)28-23(24)29-22/h2-9,14H,10-13H2,1H3,(H3,24,25,26,28,29). The number of amidine groups is 1. The average Bonchev–Trinajstić information content (AvgIpc) is 3.25. The SMILES string of the molecule is Cc1cccc2c1CN(CCc1ccccc1)C(CSc1nc(N)nc3nc[nH]c13)=N2. The van der Waals surface area contributed by atoms with Crippen molar-refractivity contribution >= 4 is 40.4 Å². The Labute approximate surface area is 184 Å². The highest BCUT2D eigenvalue weighted by molar-refractivity contribution is 8.00. The van der Waals surface area contributed by atoms with Crippen LogP contribution in [-0.2, 0) is 13.0 Å². The lowest BCUT2D eigenvalue weighted by atomic mass is 10.0. The van der Waals surface area contributed by atoms with Crippen molar-refractivity contribution in [3.63, 3.8) is 0 Å². The molecule has 0 spiro atoms. The minimum atomic E-state index is 0.231. The third kappa shape index (κ3) is 4.11. The van der Waals surface area contributed by atoms with Crippen LogP contribution in [0.25, 0.3) is 11.2 Å². The van der Waals surface area contributed by atoms with Crippen molar-refractivity contribution in [2.24, 2.45) is 4.99 Å². The summed E-state index contributed by atoms with van der Waals surface area (Å²) >= 11 is 1.60. The highest BCUT2D eigenvalue weighted by atomic mass is 32.2. The highest BCUT2D eigenvalue weighted by Gasteiger charge is 2.22. The number of aromatic nitrogens is 4. The van der Waals surface area contributed by atoms with Gasteiger partial charge in [-0.2, -0.15) is 4.98 Å². The first-order chi connectivity index (χ1) is 15.2. The molecular formula is C23H23N7S. The van der Waals surface area contributed by atoms with Gasteiger partial charge in [0.2, 0.25) is 5.95 Å². The molecule has 0 amide bonds. The molecule has 0 radical (unpaired) electrons. The predicted molar refractivity (Wildman–Crippen MR) is 126 cm³/mol. The zero-order valence-electron chi connectivity index (χ0n) is 17.2. The summed E-state index contributed by atoms with van der Waals surface area (Å²) in [4.78, 5) is 23.3. The number of nitrogens with two attached hydrogens (primary N) is 1. The normalized spacial score (nSPS) is 13.3. The van der Waals surface area contributed by atoms with Crippen molar-refractivity contribution in [2.45, 2.75) is 24.9 Å². The number of fused-ring (bicyclic) bond motifs is 2. The fraction of sp³-hybridized carbons (Fsp3) is 0.217. The third-order valence-electron chi connectivity index (χ3n) is 5.47. The van der Waals surface area contributed by atoms with E-state index < -0.39 is 0 Å². The summed E-state index contributed by atoms with van der Waals surface area (Å²) in [5, 5.41) is 0.792. The number of thioether (sulfide) groups is 1. The summed E-state index contributed by atoms with van der Waals surface area (Å²) in [5.41, 5.74) is 12.2. The summed E-state index contributed by atoms with van der Waals surface area (Å²) in [7, 11) is 0. The lowest BCUT2D eigenvalue weighted by Gasteiger charge is -2.31. The quantitative estimate of drug-likeness (QED) is 0.353. The van der Waals surface area contributed by atoms with Crippen LogP contribution in [0.3, 0.4) is 0 Å². The third-order valence-corrected chi connectivity index (χ3v) is 6.44. The van der Waals surface area contributed by atoms with E-state index in [1.807, 2.05) is 0 Å². The number of benzene rings is 2. The molecule has 0 aliphatic carbocycles. The van der Waals surface area contributed by atoms with Gasteiger partial charge >= 0.3 is 0 Å². The van der Waals surface area contributed by atoms with Crippen molar-refractivity contribution in [2.75, 3.05) is 18.0 Å². The molecule has 31 heavy (non-hydrogen) atoms. The van der Waals surface area contributed by atoms with Gasteiger partial charge in [0.1, 0.15) is 16.4 Å². The minimum Gasteiger partial charge on any atom is -0.368 e. The molecule has 0 fully saturated rings. The molecule has 3 heterocycles. The second-order valence-electron chi connectivity index (χ2n) is 7.53. The number of aromatic amines is 1. The number of nitrogens with one attached hydrogen (secondary N) is 1. The Balaban J connectivity index is 1.41. The first kappa shape index (κ1) is 19.6. The van der Waals surface area contributed by atoms with Crippen LogP contribution < -0.4 is 5.73 Å². The maximum atomic E-state index is 5.88. The topological polar surface area (TPSA) is 96.1 Å². The lowest BCUT2D eigenvalue weighted by molar-refractivity contribution is 0.409. The first-order valence-corrected chi connectivity index (χ1v) is 11.2. The zero-order chi connectivity index (χ0) is 21.2. The number of H-pyrrole nitrogens is 1. The van der Waals surface area contributed by atoms with Crippen molar-refractivity contribution in [1.29, 1.82) is 0 Å². The second kappa shape index (κ2) is 8.39. The monoisotopic (exact) mass is 429 g/mol. The molecule has 0 saturated heterocycles. The number of nitrogen functional groups attached to an aromatic ring is 1. The number of aryl methyl sites for hydroxylation is 1. The van der Waals surface area contributed by atoms with Crippen molar-refractivity contribution in [1.82, 2.24) is 24.8 Å². The Morgan fingerprint density at radius 3 is 2.84 bits per heavy atom. The van der Waals surface area contributed by atoms with E-state index in [0.29, 0.717) is 11.4 Å². The zero-order valence-corrected chi connectivity index (χ0v) is 18.1. The second-order valence-corrected chi connectivity index (χ2v) is 8.50. The number of hydrogen-bond acceptors (Lipinski definition) is 7. The van der Waals surface area contributed by atoms with E-state index in [-0.39, 0.29) is 5.95 Å². The Morgan fingerprint density at radius 2 is 1.97 bits per heavy atom. The molecule has 3 N–H and O–H groups in total. The highest BCUT2D eigenvalue weighted by Crippen LogP contribution is 2.31. The molecule has 7 nitrogen and oxygen atoms in total. The molecule has 0 atom stereocenters. The van der Waals surface area contributed by atoms with Crippen LogP contribution >= 0.6 is 11.8 Å². The van der Waals surface area contributed by atoms with E-state index in [9.17, 15) is 0 Å². The van der Waals surface area contributed by atoms with Crippen LogP contribution in [-0.4, -0.2) is 43.0 Å². The molecule has 0 bridgehead atoms. The summed E-state index contributed by atoms with van der Waals surface area (Å²) < 4.78 is 0. The lowest BCUT2D eigenvalue weighted by Crippen LogP contribution is -2.36. The number of imidazole rings is 1. The number of aliphatic imine (C=N–C) groups is 1. The number of nitrogens with zero attached hydrogens (tertiary/aromatic N) is 5. The summed E-state index contributed by atoms with van der Waals surface area (Å²) in [6, 6.07) is 16.9. The van der Waals surface area contributed by atoms with Crippen LogP contribution in [0, 0.1) is 6.92 Å². The Kier molecular flexibility index (Phi) is 5.30. The maximum Gasteiger partial charge on any atom is 0.223 e. The van der Waals surface area contributed by atoms with Gasteiger partial charge in [0.25, 0.3) is 0 Å². The van der Waals surface area contributed by atoms with E-state index in [0.717, 1.165) is 41.6 Å². The predicted octanol–water partition coefficient (Wildman–Crippen LogP) is 4.12. The minimum absolute atomic E-state index is 0.231. The van der Waals surface area contributed by atoms with Gasteiger partial charge in [-0.25, -0.2) is 15.0 Å². The fourth-order valence-electron chi connectivity index (χ4n) is 3.79. The molecule has 2 aromatic carbocycles. The van der Waals surface area contributed by atoms with Gasteiger partial charge in [-0.1, -0.05) is 54.2 Å². The van der Waals surface area contributed by atoms with Crippen LogP contribution in [0.2, 0.25) is 0 Å². The Hall–Kier alpha value is -3.39. The number of anilines is 1. The largest absolute Gasteiger partial charge is 0.368 e.